The number of carbonyl (C=O) groups is 2. The van der Waals surface area contributed by atoms with Crippen molar-refractivity contribution >= 4 is 28.2 Å². The van der Waals surface area contributed by atoms with Gasteiger partial charge in [0.25, 0.3) is 5.91 Å². The Hall–Kier alpha value is -2.46. The lowest BCUT2D eigenvalue weighted by atomic mass is 9.99. The number of thiophene rings is 1. The van der Waals surface area contributed by atoms with Crippen molar-refractivity contribution in [3.05, 3.63) is 23.5 Å². The van der Waals surface area contributed by atoms with Gasteiger partial charge in [-0.25, -0.2) is 4.79 Å². The number of nitrogens with zero attached hydrogens (tertiary/aromatic N) is 4. The van der Waals surface area contributed by atoms with Crippen LogP contribution in [-0.4, -0.2) is 54.4 Å². The highest BCUT2D eigenvalue weighted by Gasteiger charge is 2.48. The molecule has 1 aliphatic rings. The quantitative estimate of drug-likeness (QED) is 0.767. The van der Waals surface area contributed by atoms with Crippen LogP contribution >= 0.6 is 11.3 Å². The highest BCUT2D eigenvalue weighted by atomic mass is 32.1. The van der Waals surface area contributed by atoms with Crippen molar-refractivity contribution < 1.29 is 19.4 Å². The number of carbonyl (C=O) groups excluding carboxylic acids is 2. The Morgan fingerprint density at radius 3 is 2.41 bits per heavy atom. The van der Waals surface area contributed by atoms with Crippen LogP contribution in [0.4, 0.5) is 5.00 Å². The zero-order valence-electron chi connectivity index (χ0n) is 16.1. The predicted octanol–water partition coefficient (Wildman–Crippen LogP) is 1.90. The minimum absolute atomic E-state index is 0.384. The average molecular weight is 393 g/mol. The fourth-order valence-electron chi connectivity index (χ4n) is 2.85. The Kier molecular flexibility index (Phi) is 4.51. The molecule has 0 radical (unpaired) electrons. The smallest absolute Gasteiger partial charge is 0.332 e. The van der Waals surface area contributed by atoms with E-state index in [0.29, 0.717) is 21.1 Å². The second-order valence-corrected chi connectivity index (χ2v) is 8.81. The second-order valence-electron chi connectivity index (χ2n) is 7.81. The average Bonchev–Trinajstić information content (AvgIpc) is 3.13. The van der Waals surface area contributed by atoms with Crippen molar-refractivity contribution in [2.75, 3.05) is 5.32 Å². The number of aliphatic hydroxyl groups is 1. The lowest BCUT2D eigenvalue weighted by Crippen LogP contribution is -2.62. The molecule has 0 saturated carbocycles. The van der Waals surface area contributed by atoms with Gasteiger partial charge in [0.1, 0.15) is 21.1 Å². The minimum Gasteiger partial charge on any atom is -0.458 e. The molecule has 3 rings (SSSR count). The second kappa shape index (κ2) is 6.31. The number of aliphatic hydroxyl groups excluding tert-OH is 1. The van der Waals surface area contributed by atoms with Crippen molar-refractivity contribution in [3.63, 3.8) is 0 Å². The number of aromatic nitrogens is 3. The summed E-state index contributed by atoms with van der Waals surface area (Å²) in [6.45, 7) is 10.1. The Labute approximate surface area is 160 Å². The van der Waals surface area contributed by atoms with Crippen LogP contribution in [0.1, 0.15) is 50.5 Å². The van der Waals surface area contributed by atoms with Crippen molar-refractivity contribution in [2.45, 2.75) is 59.0 Å². The summed E-state index contributed by atoms with van der Waals surface area (Å²) in [5.74, 6) is -1.06. The lowest BCUT2D eigenvalue weighted by molar-refractivity contribution is -0.170. The maximum absolute atomic E-state index is 13.2. The lowest BCUT2D eigenvalue weighted by Gasteiger charge is -2.43. The van der Waals surface area contributed by atoms with E-state index in [-0.39, 0.29) is 0 Å². The number of rotatable bonds is 3. The maximum Gasteiger partial charge on any atom is 0.332 e. The van der Waals surface area contributed by atoms with E-state index in [2.05, 4.69) is 15.5 Å². The molecule has 0 fully saturated rings. The highest BCUT2D eigenvalue weighted by Crippen LogP contribution is 2.41. The van der Waals surface area contributed by atoms with E-state index in [1.54, 1.807) is 53.9 Å². The molecule has 1 amide bonds. The van der Waals surface area contributed by atoms with Crippen molar-refractivity contribution in [2.24, 2.45) is 0 Å². The molecular weight excluding hydrogens is 370 g/mol. The van der Waals surface area contributed by atoms with Gasteiger partial charge in [-0.2, -0.15) is 10.2 Å². The summed E-state index contributed by atoms with van der Waals surface area (Å²) in [5, 5.41) is 22.8. The van der Waals surface area contributed by atoms with E-state index in [9.17, 15) is 14.7 Å². The molecule has 10 heteroatoms. The molecule has 1 aliphatic heterocycles. The number of hydrogen-bond donors (Lipinski definition) is 2. The van der Waals surface area contributed by atoms with E-state index < -0.39 is 29.4 Å². The van der Waals surface area contributed by atoms with E-state index in [0.717, 1.165) is 4.90 Å². The first kappa shape index (κ1) is 19.3. The summed E-state index contributed by atoms with van der Waals surface area (Å²) in [6.07, 6.45) is 1.71. The largest absolute Gasteiger partial charge is 0.458 e. The summed E-state index contributed by atoms with van der Waals surface area (Å²) in [4.78, 5) is 28.4. The fourth-order valence-corrected chi connectivity index (χ4v) is 3.98. The van der Waals surface area contributed by atoms with Crippen LogP contribution in [-0.2, 0) is 9.53 Å². The van der Waals surface area contributed by atoms with Crippen LogP contribution in [0.5, 0.6) is 0 Å². The van der Waals surface area contributed by atoms with E-state index in [1.165, 1.54) is 16.1 Å². The Morgan fingerprint density at radius 1 is 1.26 bits per heavy atom. The normalized spacial score (nSPS) is 17.5. The van der Waals surface area contributed by atoms with E-state index >= 15 is 0 Å². The van der Waals surface area contributed by atoms with Crippen molar-refractivity contribution in [1.29, 1.82) is 0 Å². The molecular formula is C17H23N5O4S. The summed E-state index contributed by atoms with van der Waals surface area (Å²) < 4.78 is 5.44. The van der Waals surface area contributed by atoms with Gasteiger partial charge in [0.05, 0.1) is 18.0 Å². The zero-order valence-corrected chi connectivity index (χ0v) is 16.9. The molecule has 9 nitrogen and oxygen atoms in total. The van der Waals surface area contributed by atoms with E-state index in [4.69, 9.17) is 4.74 Å². The predicted molar refractivity (Wildman–Crippen MR) is 99.7 cm³/mol. The monoisotopic (exact) mass is 393 g/mol. The van der Waals surface area contributed by atoms with Crippen molar-refractivity contribution in [1.82, 2.24) is 19.9 Å². The Morgan fingerprint density at radius 2 is 1.85 bits per heavy atom. The third kappa shape index (κ3) is 3.30. The molecule has 0 aromatic carbocycles. The Bertz CT molecular complexity index is 882. The molecule has 146 valence electrons. The molecule has 2 aromatic heterocycles. The van der Waals surface area contributed by atoms with Gasteiger partial charge >= 0.3 is 5.97 Å². The third-order valence-corrected chi connectivity index (χ3v) is 5.35. The Balaban J connectivity index is 2.00. The molecule has 0 bridgehead atoms. The van der Waals surface area contributed by atoms with Crippen LogP contribution in [0.2, 0.25) is 0 Å². The molecule has 2 aromatic rings. The van der Waals surface area contributed by atoms with Gasteiger partial charge in [-0.1, -0.05) is 11.3 Å². The molecule has 3 heterocycles. The van der Waals surface area contributed by atoms with Gasteiger partial charge < -0.3 is 15.2 Å². The van der Waals surface area contributed by atoms with Gasteiger partial charge in [-0.05, 0) is 41.5 Å². The van der Waals surface area contributed by atoms with Crippen LogP contribution in [0.15, 0.2) is 12.4 Å². The third-order valence-electron chi connectivity index (χ3n) is 4.16. The molecule has 1 atom stereocenters. The first-order chi connectivity index (χ1) is 12.4. The fraction of sp³-hybridized carbons (Fsp3) is 0.529. The van der Waals surface area contributed by atoms with Crippen LogP contribution in [0, 0.1) is 6.92 Å². The summed E-state index contributed by atoms with van der Waals surface area (Å²) in [6, 6.07) is 0. The molecule has 0 aliphatic carbocycles. The SMILES string of the molecule is Cc1c(-n2nccn2)sc2c1C(=O)N(C(C)(C)C(=O)OC(C)(C)C)C(O)N2. The van der Waals surface area contributed by atoms with E-state index in [1.807, 2.05) is 0 Å². The first-order valence-corrected chi connectivity index (χ1v) is 9.27. The topological polar surface area (TPSA) is 110 Å². The highest BCUT2D eigenvalue weighted by molar-refractivity contribution is 7.19. The minimum atomic E-state index is -1.38. The zero-order chi connectivity index (χ0) is 20.1. The summed E-state index contributed by atoms with van der Waals surface area (Å²) in [7, 11) is 0. The van der Waals surface area contributed by atoms with Gasteiger partial charge in [0.2, 0.25) is 6.35 Å². The molecule has 0 saturated heterocycles. The molecule has 2 N–H and O–H groups in total. The standard InChI is InChI=1S/C17H23N5O4S/c1-9-10-11(27-13(9)22-18-7-8-19-22)20-15(25)21(12(10)23)17(5,6)14(24)26-16(2,3)4/h7-8,15,20,25H,1-6H3. The molecule has 0 spiro atoms. The first-order valence-electron chi connectivity index (χ1n) is 8.45. The van der Waals surface area contributed by atoms with Gasteiger partial charge in [0.15, 0.2) is 0 Å². The molecule has 1 unspecified atom stereocenters. The van der Waals surface area contributed by atoms with Gasteiger partial charge in [-0.15, -0.1) is 4.80 Å². The van der Waals surface area contributed by atoms with Gasteiger partial charge in [-0.3, -0.25) is 9.69 Å². The van der Waals surface area contributed by atoms with Crippen LogP contribution < -0.4 is 5.32 Å². The number of hydrogen-bond acceptors (Lipinski definition) is 8. The number of amides is 1. The number of nitrogens with one attached hydrogen (secondary N) is 1. The van der Waals surface area contributed by atoms with Gasteiger partial charge in [0, 0.05) is 5.56 Å². The molecule has 27 heavy (non-hydrogen) atoms. The number of esters is 1. The number of ether oxygens (including phenoxy) is 1. The van der Waals surface area contributed by atoms with Crippen LogP contribution in [0.25, 0.3) is 5.00 Å². The summed E-state index contributed by atoms with van der Waals surface area (Å²) >= 11 is 1.26. The van der Waals surface area contributed by atoms with Crippen LogP contribution in [0.3, 0.4) is 0 Å². The summed E-state index contributed by atoms with van der Waals surface area (Å²) in [5.41, 5.74) is -1.05. The maximum atomic E-state index is 13.2. The number of anilines is 1. The number of fused-ring (bicyclic) bond motifs is 1. The van der Waals surface area contributed by atoms with Crippen molar-refractivity contribution in [3.8, 4) is 5.00 Å².